The van der Waals surface area contributed by atoms with Crippen LogP contribution in [-0.4, -0.2) is 23.1 Å². The van der Waals surface area contributed by atoms with Gasteiger partial charge >= 0.3 is 5.97 Å². The molecular formula is C23H15NO3. The zero-order valence-electron chi connectivity index (χ0n) is 14.3. The monoisotopic (exact) mass is 353 g/mol. The maximum absolute atomic E-state index is 12.6. The van der Waals surface area contributed by atoms with Crippen LogP contribution in [0.2, 0.25) is 0 Å². The number of carboxylic acids is 1. The average molecular weight is 353 g/mol. The van der Waals surface area contributed by atoms with E-state index in [2.05, 4.69) is 11.1 Å². The maximum Gasteiger partial charge on any atom is 0.335 e. The highest BCUT2D eigenvalue weighted by Gasteiger charge is 2.07. The van der Waals surface area contributed by atoms with Gasteiger partial charge in [-0.2, -0.15) is 0 Å². The van der Waals surface area contributed by atoms with Crippen molar-refractivity contribution < 1.29 is 14.7 Å². The normalized spacial score (nSPS) is 11.3. The van der Waals surface area contributed by atoms with Gasteiger partial charge in [-0.15, -0.1) is 0 Å². The van der Waals surface area contributed by atoms with Gasteiger partial charge in [0.05, 0.1) is 17.5 Å². The van der Waals surface area contributed by atoms with Crippen LogP contribution in [0.25, 0.3) is 21.5 Å². The number of rotatable bonds is 4. The van der Waals surface area contributed by atoms with Crippen molar-refractivity contribution in [3.63, 3.8) is 0 Å². The summed E-state index contributed by atoms with van der Waals surface area (Å²) < 4.78 is 0. The van der Waals surface area contributed by atoms with Gasteiger partial charge < -0.3 is 5.11 Å². The summed E-state index contributed by atoms with van der Waals surface area (Å²) in [5.41, 5.74) is 1.10. The Morgan fingerprint density at radius 1 is 0.741 bits per heavy atom. The number of fused-ring (bicyclic) bond motifs is 3. The minimum absolute atomic E-state index is 0.134. The van der Waals surface area contributed by atoms with Crippen LogP contribution >= 0.6 is 0 Å². The van der Waals surface area contributed by atoms with E-state index < -0.39 is 5.97 Å². The summed E-state index contributed by atoms with van der Waals surface area (Å²) in [5, 5.41) is 13.3. The molecule has 27 heavy (non-hydrogen) atoms. The lowest BCUT2D eigenvalue weighted by Gasteiger charge is -2.05. The van der Waals surface area contributed by atoms with E-state index in [4.69, 9.17) is 5.11 Å². The minimum Gasteiger partial charge on any atom is -0.478 e. The Bertz CT molecular complexity index is 1220. The van der Waals surface area contributed by atoms with Gasteiger partial charge in [-0.3, -0.25) is 9.79 Å². The molecule has 4 rings (SSSR count). The van der Waals surface area contributed by atoms with Crippen LogP contribution in [0.3, 0.4) is 0 Å². The van der Waals surface area contributed by atoms with Gasteiger partial charge in [0.15, 0.2) is 0 Å². The van der Waals surface area contributed by atoms with Crippen molar-refractivity contribution in [3.05, 3.63) is 90.0 Å². The van der Waals surface area contributed by atoms with Crippen LogP contribution in [0.1, 0.15) is 20.7 Å². The number of benzene rings is 4. The summed E-state index contributed by atoms with van der Waals surface area (Å²) >= 11 is 0. The van der Waals surface area contributed by atoms with Crippen molar-refractivity contribution >= 4 is 45.2 Å². The lowest BCUT2D eigenvalue weighted by molar-refractivity contribution is 0.0696. The lowest BCUT2D eigenvalue weighted by atomic mass is 9.99. The molecule has 0 bridgehead atoms. The van der Waals surface area contributed by atoms with Gasteiger partial charge in [0.25, 0.3) is 0 Å². The van der Waals surface area contributed by atoms with Gasteiger partial charge in [0.2, 0.25) is 5.78 Å². The first-order valence-electron chi connectivity index (χ1n) is 8.45. The fourth-order valence-electron chi connectivity index (χ4n) is 3.08. The average Bonchev–Trinajstić information content (AvgIpc) is 2.71. The van der Waals surface area contributed by atoms with Crippen LogP contribution in [0, 0.1) is 0 Å². The molecule has 0 aromatic heterocycles. The van der Waals surface area contributed by atoms with Crippen LogP contribution < -0.4 is 0 Å². The van der Waals surface area contributed by atoms with Crippen molar-refractivity contribution in [2.45, 2.75) is 0 Å². The number of aromatic carboxylic acids is 1. The van der Waals surface area contributed by atoms with Crippen LogP contribution in [0.4, 0.5) is 5.69 Å². The summed E-state index contributed by atoms with van der Waals surface area (Å²) in [6.07, 6.45) is 1.23. The molecule has 0 heterocycles. The Kier molecular flexibility index (Phi) is 4.22. The van der Waals surface area contributed by atoms with Crippen molar-refractivity contribution in [1.29, 1.82) is 0 Å². The van der Waals surface area contributed by atoms with Crippen LogP contribution in [0.15, 0.2) is 83.9 Å². The molecule has 0 radical (unpaired) electrons. The van der Waals surface area contributed by atoms with Crippen LogP contribution in [0.5, 0.6) is 0 Å². The van der Waals surface area contributed by atoms with E-state index in [1.54, 1.807) is 18.2 Å². The smallest absolute Gasteiger partial charge is 0.335 e. The van der Waals surface area contributed by atoms with Crippen molar-refractivity contribution in [2.75, 3.05) is 0 Å². The standard InChI is InChI=1S/C23H15NO3/c25-22(14-24-19-6-3-5-18(12-19)23(26)27)17-11-10-16-9-8-15-4-1-2-7-20(15)21(16)13-17/h1-14H,(H,26,27). The zero-order valence-corrected chi connectivity index (χ0v) is 14.3. The third-order valence-electron chi connectivity index (χ3n) is 4.46. The molecule has 0 aliphatic rings. The fourth-order valence-corrected chi connectivity index (χ4v) is 3.08. The summed E-state index contributed by atoms with van der Waals surface area (Å²) in [4.78, 5) is 27.7. The third kappa shape index (κ3) is 3.33. The number of ketones is 1. The molecular weight excluding hydrogens is 338 g/mol. The predicted molar refractivity (Wildman–Crippen MR) is 107 cm³/mol. The van der Waals surface area contributed by atoms with Crippen molar-refractivity contribution in [1.82, 2.24) is 0 Å². The summed E-state index contributed by atoms with van der Waals surface area (Å²) in [5.74, 6) is -1.26. The van der Waals surface area contributed by atoms with E-state index >= 15 is 0 Å². The molecule has 0 saturated carbocycles. The Morgan fingerprint density at radius 2 is 1.48 bits per heavy atom. The SMILES string of the molecule is O=C(O)c1cccc(N=CC(=O)c2ccc3ccc4ccccc4c3c2)c1. The largest absolute Gasteiger partial charge is 0.478 e. The van der Waals surface area contributed by atoms with Crippen LogP contribution in [-0.2, 0) is 0 Å². The topological polar surface area (TPSA) is 66.7 Å². The number of carbonyl (C=O) groups excluding carboxylic acids is 1. The number of nitrogens with zero attached hydrogens (tertiary/aromatic N) is 1. The Morgan fingerprint density at radius 3 is 2.30 bits per heavy atom. The van der Waals surface area contributed by atoms with E-state index in [9.17, 15) is 9.59 Å². The number of carboxylic acid groups (broad SMARTS) is 1. The first-order chi connectivity index (χ1) is 13.1. The molecule has 4 aromatic rings. The molecule has 0 spiro atoms. The quantitative estimate of drug-likeness (QED) is 0.308. The second kappa shape index (κ2) is 6.84. The first-order valence-corrected chi connectivity index (χ1v) is 8.45. The van der Waals surface area contributed by atoms with Crippen molar-refractivity contribution in [2.24, 2.45) is 4.99 Å². The summed E-state index contributed by atoms with van der Waals surface area (Å²) in [6.45, 7) is 0. The molecule has 0 aliphatic heterocycles. The highest BCUT2D eigenvalue weighted by atomic mass is 16.4. The minimum atomic E-state index is -1.03. The molecule has 0 amide bonds. The fraction of sp³-hybridized carbons (Fsp3) is 0. The number of Topliss-reactive ketones (excluding diaryl/α,β-unsaturated/α-hetero) is 1. The summed E-state index contributed by atoms with van der Waals surface area (Å²) in [6, 6.07) is 23.9. The van der Waals surface area contributed by atoms with E-state index in [-0.39, 0.29) is 11.3 Å². The van der Waals surface area contributed by atoms with Gasteiger partial charge in [0, 0.05) is 5.56 Å². The first kappa shape index (κ1) is 16.7. The van der Waals surface area contributed by atoms with E-state index in [1.165, 1.54) is 18.3 Å². The predicted octanol–water partition coefficient (Wildman–Crippen LogP) is 5.28. The maximum atomic E-state index is 12.6. The molecule has 0 saturated heterocycles. The van der Waals surface area contributed by atoms with Crippen molar-refractivity contribution in [3.8, 4) is 0 Å². The Labute approximate surface area is 155 Å². The number of hydrogen-bond acceptors (Lipinski definition) is 3. The van der Waals surface area contributed by atoms with E-state index in [1.807, 2.05) is 42.5 Å². The highest BCUT2D eigenvalue weighted by Crippen LogP contribution is 2.26. The third-order valence-corrected chi connectivity index (χ3v) is 4.46. The van der Waals surface area contributed by atoms with E-state index in [0.717, 1.165) is 21.5 Å². The highest BCUT2D eigenvalue weighted by molar-refractivity contribution is 6.36. The lowest BCUT2D eigenvalue weighted by Crippen LogP contribution is -2.00. The molecule has 0 unspecified atom stereocenters. The van der Waals surface area contributed by atoms with Gasteiger partial charge in [-0.1, -0.05) is 54.6 Å². The van der Waals surface area contributed by atoms with Gasteiger partial charge in [-0.25, -0.2) is 4.79 Å². The second-order valence-electron chi connectivity index (χ2n) is 6.20. The molecule has 1 N–H and O–H groups in total. The molecule has 0 fully saturated rings. The van der Waals surface area contributed by atoms with E-state index in [0.29, 0.717) is 11.3 Å². The number of carbonyl (C=O) groups is 2. The molecule has 4 nitrogen and oxygen atoms in total. The molecule has 130 valence electrons. The molecule has 0 aliphatic carbocycles. The Balaban J connectivity index is 1.69. The molecule has 4 heteroatoms. The molecule has 4 aromatic carbocycles. The number of hydrogen-bond donors (Lipinski definition) is 1. The molecule has 0 atom stereocenters. The van der Waals surface area contributed by atoms with Gasteiger partial charge in [-0.05, 0) is 45.8 Å². The summed E-state index contributed by atoms with van der Waals surface area (Å²) in [7, 11) is 0. The zero-order chi connectivity index (χ0) is 18.8. The number of aliphatic imine (C=N–C) groups is 1. The Hall–Kier alpha value is -3.79. The second-order valence-corrected chi connectivity index (χ2v) is 6.20. The van der Waals surface area contributed by atoms with Gasteiger partial charge in [0.1, 0.15) is 0 Å².